The number of alkyl halides is 1. The van der Waals surface area contributed by atoms with Gasteiger partial charge in [0, 0.05) is 22.3 Å². The zero-order valence-electron chi connectivity index (χ0n) is 8.36. The van der Waals surface area contributed by atoms with Crippen LogP contribution in [0.25, 0.3) is 0 Å². The lowest BCUT2D eigenvalue weighted by Gasteiger charge is -2.11. The van der Waals surface area contributed by atoms with Crippen molar-refractivity contribution in [2.24, 2.45) is 5.92 Å². The van der Waals surface area contributed by atoms with Gasteiger partial charge in [0.15, 0.2) is 5.82 Å². The molecule has 1 N–H and O–H groups in total. The second-order valence-corrected chi connectivity index (χ2v) is 4.45. The molecule has 0 aliphatic carbocycles. The summed E-state index contributed by atoms with van der Waals surface area (Å²) >= 11 is 8.46. The Bertz CT molecular complexity index is 391. The first-order chi connectivity index (χ1) is 7.45. The molecule has 0 heterocycles. The number of amides is 1. The highest BCUT2D eigenvalue weighted by Crippen LogP contribution is 2.27. The number of carbonyl (C=O) groups is 1. The Morgan fingerprint density at radius 2 is 2.19 bits per heavy atom. The maximum absolute atomic E-state index is 13.3. The standard InChI is InChI=1S/C10H9BrClF2NO/c1-5(4-12)10(16)15-9-7(11)2-6(13)3-8(9)14/h2-3,5H,4H2,1H3,(H,15,16). The predicted molar refractivity (Wildman–Crippen MR) is 62.6 cm³/mol. The monoisotopic (exact) mass is 311 g/mol. The van der Waals surface area contributed by atoms with E-state index in [1.807, 2.05) is 0 Å². The van der Waals surface area contributed by atoms with Crippen molar-refractivity contribution >= 4 is 39.1 Å². The van der Waals surface area contributed by atoms with Crippen LogP contribution in [0.2, 0.25) is 0 Å². The van der Waals surface area contributed by atoms with E-state index in [0.29, 0.717) is 6.07 Å². The van der Waals surface area contributed by atoms with Crippen molar-refractivity contribution in [2.45, 2.75) is 6.92 Å². The maximum Gasteiger partial charge on any atom is 0.228 e. The second kappa shape index (κ2) is 5.59. The lowest BCUT2D eigenvalue weighted by molar-refractivity contribution is -0.118. The Morgan fingerprint density at radius 3 is 2.69 bits per heavy atom. The first-order valence-corrected chi connectivity index (χ1v) is 5.79. The van der Waals surface area contributed by atoms with Crippen LogP contribution >= 0.6 is 27.5 Å². The molecule has 1 aromatic carbocycles. The Kier molecular flexibility index (Phi) is 4.68. The molecular weight excluding hydrogens is 303 g/mol. The van der Waals surface area contributed by atoms with Gasteiger partial charge in [0.1, 0.15) is 5.82 Å². The van der Waals surface area contributed by atoms with E-state index >= 15 is 0 Å². The van der Waals surface area contributed by atoms with Gasteiger partial charge in [-0.1, -0.05) is 6.92 Å². The van der Waals surface area contributed by atoms with Crippen molar-refractivity contribution in [1.29, 1.82) is 0 Å². The van der Waals surface area contributed by atoms with E-state index in [-0.39, 0.29) is 16.0 Å². The van der Waals surface area contributed by atoms with Crippen molar-refractivity contribution in [1.82, 2.24) is 0 Å². The minimum atomic E-state index is -0.831. The quantitative estimate of drug-likeness (QED) is 0.850. The van der Waals surface area contributed by atoms with E-state index in [1.54, 1.807) is 6.92 Å². The van der Waals surface area contributed by atoms with Gasteiger partial charge >= 0.3 is 0 Å². The molecule has 1 aromatic rings. The number of halogens is 4. The normalized spacial score (nSPS) is 12.3. The number of nitrogens with one attached hydrogen (secondary N) is 1. The molecule has 0 aliphatic heterocycles. The van der Waals surface area contributed by atoms with Gasteiger partial charge in [-0.15, -0.1) is 11.6 Å². The fourth-order valence-electron chi connectivity index (χ4n) is 0.978. The smallest absolute Gasteiger partial charge is 0.228 e. The van der Waals surface area contributed by atoms with E-state index in [1.165, 1.54) is 0 Å². The molecular formula is C10H9BrClF2NO. The van der Waals surface area contributed by atoms with Crippen LogP contribution in [0.4, 0.5) is 14.5 Å². The second-order valence-electron chi connectivity index (χ2n) is 3.29. The van der Waals surface area contributed by atoms with Gasteiger partial charge in [-0.3, -0.25) is 4.79 Å². The number of anilines is 1. The minimum absolute atomic E-state index is 0.0802. The van der Waals surface area contributed by atoms with Crippen molar-refractivity contribution < 1.29 is 13.6 Å². The average molecular weight is 313 g/mol. The molecule has 6 heteroatoms. The Balaban J connectivity index is 2.93. The largest absolute Gasteiger partial charge is 0.322 e. The molecule has 16 heavy (non-hydrogen) atoms. The zero-order chi connectivity index (χ0) is 12.3. The zero-order valence-corrected chi connectivity index (χ0v) is 10.7. The molecule has 0 radical (unpaired) electrons. The van der Waals surface area contributed by atoms with Crippen LogP contribution in [0, 0.1) is 17.6 Å². The lowest BCUT2D eigenvalue weighted by Crippen LogP contribution is -2.22. The lowest BCUT2D eigenvalue weighted by atomic mass is 10.2. The molecule has 1 unspecified atom stereocenters. The van der Waals surface area contributed by atoms with Crippen LogP contribution in [-0.4, -0.2) is 11.8 Å². The van der Waals surface area contributed by atoms with Gasteiger partial charge in [0.05, 0.1) is 5.69 Å². The SMILES string of the molecule is CC(CCl)C(=O)Nc1c(F)cc(F)cc1Br. The summed E-state index contributed by atoms with van der Waals surface area (Å²) in [5, 5.41) is 2.34. The van der Waals surface area contributed by atoms with E-state index in [0.717, 1.165) is 6.07 Å². The highest BCUT2D eigenvalue weighted by Gasteiger charge is 2.16. The number of hydrogen-bond donors (Lipinski definition) is 1. The van der Waals surface area contributed by atoms with Crippen molar-refractivity contribution in [3.63, 3.8) is 0 Å². The van der Waals surface area contributed by atoms with Crippen LogP contribution in [0.15, 0.2) is 16.6 Å². The molecule has 2 nitrogen and oxygen atoms in total. The molecule has 0 fully saturated rings. The first-order valence-electron chi connectivity index (χ1n) is 4.47. The van der Waals surface area contributed by atoms with E-state index in [2.05, 4.69) is 21.2 Å². The summed E-state index contributed by atoms with van der Waals surface area (Å²) in [5.41, 5.74) is -0.0802. The summed E-state index contributed by atoms with van der Waals surface area (Å²) in [6, 6.07) is 1.77. The van der Waals surface area contributed by atoms with E-state index < -0.39 is 23.5 Å². The van der Waals surface area contributed by atoms with Crippen LogP contribution < -0.4 is 5.32 Å². The number of carbonyl (C=O) groups excluding carboxylic acids is 1. The van der Waals surface area contributed by atoms with Gasteiger partial charge < -0.3 is 5.32 Å². The molecule has 0 saturated heterocycles. The van der Waals surface area contributed by atoms with Crippen LogP contribution in [0.1, 0.15) is 6.92 Å². The van der Waals surface area contributed by atoms with Gasteiger partial charge in [0.2, 0.25) is 5.91 Å². The number of benzene rings is 1. The summed E-state index contributed by atoms with van der Waals surface area (Å²) in [6.07, 6.45) is 0. The maximum atomic E-state index is 13.3. The van der Waals surface area contributed by atoms with Gasteiger partial charge in [-0.25, -0.2) is 8.78 Å². The Morgan fingerprint density at radius 1 is 1.56 bits per heavy atom. The third kappa shape index (κ3) is 3.15. The molecule has 0 aliphatic rings. The van der Waals surface area contributed by atoms with E-state index in [9.17, 15) is 13.6 Å². The average Bonchev–Trinajstić information content (AvgIpc) is 2.21. The molecule has 0 spiro atoms. The summed E-state index contributed by atoms with van der Waals surface area (Å²) < 4.78 is 26.2. The van der Waals surface area contributed by atoms with Crippen molar-refractivity contribution in [3.05, 3.63) is 28.2 Å². The predicted octanol–water partition coefficient (Wildman–Crippen LogP) is 3.54. The van der Waals surface area contributed by atoms with Crippen molar-refractivity contribution in [2.75, 3.05) is 11.2 Å². The summed E-state index contributed by atoms with van der Waals surface area (Å²) in [7, 11) is 0. The highest BCUT2D eigenvalue weighted by molar-refractivity contribution is 9.10. The van der Waals surface area contributed by atoms with Gasteiger partial charge in [-0.2, -0.15) is 0 Å². The fourth-order valence-corrected chi connectivity index (χ4v) is 1.63. The molecule has 1 amide bonds. The Hall–Kier alpha value is -0.680. The molecule has 1 rings (SSSR count). The van der Waals surface area contributed by atoms with Crippen molar-refractivity contribution in [3.8, 4) is 0 Å². The molecule has 0 aromatic heterocycles. The number of hydrogen-bond acceptors (Lipinski definition) is 1. The van der Waals surface area contributed by atoms with Gasteiger partial charge in [0.25, 0.3) is 0 Å². The molecule has 0 saturated carbocycles. The fraction of sp³-hybridized carbons (Fsp3) is 0.300. The van der Waals surface area contributed by atoms with E-state index in [4.69, 9.17) is 11.6 Å². The molecule has 88 valence electrons. The van der Waals surface area contributed by atoms with Crippen LogP contribution in [0.5, 0.6) is 0 Å². The summed E-state index contributed by atoms with van der Waals surface area (Å²) in [4.78, 5) is 11.5. The minimum Gasteiger partial charge on any atom is -0.322 e. The highest BCUT2D eigenvalue weighted by atomic mass is 79.9. The third-order valence-corrected chi connectivity index (χ3v) is 3.02. The molecule has 1 atom stereocenters. The van der Waals surface area contributed by atoms with Gasteiger partial charge in [-0.05, 0) is 22.0 Å². The summed E-state index contributed by atoms with van der Waals surface area (Å²) in [6.45, 7) is 1.61. The van der Waals surface area contributed by atoms with Crippen LogP contribution in [0.3, 0.4) is 0 Å². The summed E-state index contributed by atoms with van der Waals surface area (Å²) in [5.74, 6) is -2.28. The first kappa shape index (κ1) is 13.4. The third-order valence-electron chi connectivity index (χ3n) is 1.93. The number of rotatable bonds is 3. The topological polar surface area (TPSA) is 29.1 Å². The van der Waals surface area contributed by atoms with Crippen LogP contribution in [-0.2, 0) is 4.79 Å². The Labute approximate surface area is 105 Å². The molecule has 0 bridgehead atoms.